The minimum atomic E-state index is -1.15. The zero-order valence-electron chi connectivity index (χ0n) is 11.6. The van der Waals surface area contributed by atoms with E-state index in [1.165, 1.54) is 0 Å². The molecule has 104 valence electrons. The van der Waals surface area contributed by atoms with Gasteiger partial charge in [0.25, 0.3) is 5.91 Å². The smallest absolute Gasteiger partial charge is 0.326 e. The standard InChI is InChI=1S/C14H15N3O3/c1-9-8-10(4-5-11(9)20-3)14(2)12(18)17(7-6-15)13(19)16-14/h4-5,8H,7H2,1-3H3,(H,16,19). The number of rotatable bonds is 3. The highest BCUT2D eigenvalue weighted by molar-refractivity contribution is 6.07. The highest BCUT2D eigenvalue weighted by atomic mass is 16.5. The van der Waals surface area contributed by atoms with Crippen LogP contribution in [0.2, 0.25) is 0 Å². The van der Waals surface area contributed by atoms with Gasteiger partial charge in [0.15, 0.2) is 0 Å². The number of imide groups is 1. The van der Waals surface area contributed by atoms with Gasteiger partial charge >= 0.3 is 6.03 Å². The number of nitriles is 1. The van der Waals surface area contributed by atoms with E-state index in [2.05, 4.69) is 5.32 Å². The number of ether oxygens (including phenoxy) is 1. The fourth-order valence-corrected chi connectivity index (χ4v) is 2.30. The van der Waals surface area contributed by atoms with E-state index in [0.29, 0.717) is 11.3 Å². The minimum Gasteiger partial charge on any atom is -0.496 e. The molecule has 1 aromatic rings. The van der Waals surface area contributed by atoms with Gasteiger partial charge in [-0.25, -0.2) is 9.69 Å². The molecule has 1 unspecified atom stereocenters. The van der Waals surface area contributed by atoms with Gasteiger partial charge < -0.3 is 10.1 Å². The Morgan fingerprint density at radius 2 is 2.15 bits per heavy atom. The Kier molecular flexibility index (Phi) is 3.36. The molecule has 3 amide bonds. The first-order valence-corrected chi connectivity index (χ1v) is 6.10. The Morgan fingerprint density at radius 3 is 2.70 bits per heavy atom. The minimum absolute atomic E-state index is 0.255. The molecule has 6 nitrogen and oxygen atoms in total. The molecule has 1 heterocycles. The normalized spacial score (nSPS) is 21.6. The van der Waals surface area contributed by atoms with Crippen LogP contribution in [0.25, 0.3) is 0 Å². The molecule has 0 radical (unpaired) electrons. The third kappa shape index (κ3) is 1.97. The third-order valence-corrected chi connectivity index (χ3v) is 3.48. The van der Waals surface area contributed by atoms with Crippen LogP contribution in [0.15, 0.2) is 18.2 Å². The van der Waals surface area contributed by atoms with Crippen molar-refractivity contribution in [2.45, 2.75) is 19.4 Å². The summed E-state index contributed by atoms with van der Waals surface area (Å²) in [6, 6.07) is 6.55. The number of carbonyl (C=O) groups is 2. The Morgan fingerprint density at radius 1 is 1.45 bits per heavy atom. The van der Waals surface area contributed by atoms with Gasteiger partial charge in [-0.3, -0.25) is 4.79 Å². The molecule has 0 spiro atoms. The van der Waals surface area contributed by atoms with E-state index in [4.69, 9.17) is 10.00 Å². The monoisotopic (exact) mass is 273 g/mol. The Bertz CT molecular complexity index is 621. The maximum absolute atomic E-state index is 12.4. The number of aryl methyl sites for hydroxylation is 1. The van der Waals surface area contributed by atoms with Crippen molar-refractivity contribution in [1.82, 2.24) is 10.2 Å². The second kappa shape index (κ2) is 4.85. The molecular formula is C14H15N3O3. The number of methoxy groups -OCH3 is 1. The lowest BCUT2D eigenvalue weighted by Crippen LogP contribution is -2.41. The number of benzene rings is 1. The average Bonchev–Trinajstić information content (AvgIpc) is 2.64. The number of amides is 3. The molecule has 20 heavy (non-hydrogen) atoms. The van der Waals surface area contributed by atoms with Crippen LogP contribution < -0.4 is 10.1 Å². The zero-order chi connectivity index (χ0) is 14.9. The van der Waals surface area contributed by atoms with Gasteiger partial charge in [-0.2, -0.15) is 5.26 Å². The van der Waals surface area contributed by atoms with E-state index in [9.17, 15) is 9.59 Å². The lowest BCUT2D eigenvalue weighted by Gasteiger charge is -2.22. The summed E-state index contributed by atoms with van der Waals surface area (Å²) < 4.78 is 5.18. The van der Waals surface area contributed by atoms with Crippen molar-refractivity contribution in [3.63, 3.8) is 0 Å². The van der Waals surface area contributed by atoms with Crippen LogP contribution in [0.5, 0.6) is 5.75 Å². The number of nitrogens with one attached hydrogen (secondary N) is 1. The number of hydrogen-bond donors (Lipinski definition) is 1. The van der Waals surface area contributed by atoms with E-state index >= 15 is 0 Å². The molecule has 0 bridgehead atoms. The molecule has 1 aromatic carbocycles. The van der Waals surface area contributed by atoms with Crippen molar-refractivity contribution < 1.29 is 14.3 Å². The van der Waals surface area contributed by atoms with E-state index in [0.717, 1.165) is 10.5 Å². The highest BCUT2D eigenvalue weighted by Gasteiger charge is 2.48. The molecule has 1 N–H and O–H groups in total. The number of urea groups is 1. The van der Waals surface area contributed by atoms with Crippen molar-refractivity contribution in [2.75, 3.05) is 13.7 Å². The molecule has 2 rings (SSSR count). The second-order valence-corrected chi connectivity index (χ2v) is 4.79. The molecule has 1 saturated heterocycles. The predicted molar refractivity (Wildman–Crippen MR) is 70.9 cm³/mol. The van der Waals surface area contributed by atoms with Crippen molar-refractivity contribution in [3.05, 3.63) is 29.3 Å². The SMILES string of the molecule is COc1ccc(C2(C)NC(=O)N(CC#N)C2=O)cc1C. The second-order valence-electron chi connectivity index (χ2n) is 4.79. The van der Waals surface area contributed by atoms with Crippen molar-refractivity contribution >= 4 is 11.9 Å². The summed E-state index contributed by atoms with van der Waals surface area (Å²) in [5.74, 6) is 0.289. The summed E-state index contributed by atoms with van der Waals surface area (Å²) in [7, 11) is 1.57. The summed E-state index contributed by atoms with van der Waals surface area (Å²) in [4.78, 5) is 25.1. The van der Waals surface area contributed by atoms with Gasteiger partial charge in [-0.05, 0) is 37.1 Å². The molecular weight excluding hydrogens is 258 g/mol. The van der Waals surface area contributed by atoms with Crippen molar-refractivity contribution in [1.29, 1.82) is 5.26 Å². The van der Waals surface area contributed by atoms with Crippen molar-refractivity contribution in [3.8, 4) is 11.8 Å². The largest absolute Gasteiger partial charge is 0.496 e. The van der Waals surface area contributed by atoms with Crippen LogP contribution in [-0.4, -0.2) is 30.5 Å². The van der Waals surface area contributed by atoms with Crippen LogP contribution in [0.3, 0.4) is 0 Å². The summed E-state index contributed by atoms with van der Waals surface area (Å²) in [6.45, 7) is 3.24. The summed E-state index contributed by atoms with van der Waals surface area (Å²) in [5.41, 5.74) is 0.381. The summed E-state index contributed by atoms with van der Waals surface area (Å²) in [5, 5.41) is 11.3. The van der Waals surface area contributed by atoms with Gasteiger partial charge in [0.1, 0.15) is 17.8 Å². The van der Waals surface area contributed by atoms with Crippen LogP contribution >= 0.6 is 0 Å². The van der Waals surface area contributed by atoms with Crippen LogP contribution in [0.1, 0.15) is 18.1 Å². The van der Waals surface area contributed by atoms with Crippen molar-refractivity contribution in [2.24, 2.45) is 0 Å². The number of nitrogens with zero attached hydrogens (tertiary/aromatic N) is 2. The Balaban J connectivity index is 2.42. The van der Waals surface area contributed by atoms with E-state index < -0.39 is 17.5 Å². The van der Waals surface area contributed by atoms with Gasteiger partial charge in [0.2, 0.25) is 0 Å². The van der Waals surface area contributed by atoms with E-state index in [1.54, 1.807) is 32.2 Å². The summed E-state index contributed by atoms with van der Waals surface area (Å²) in [6.07, 6.45) is 0. The molecule has 1 atom stereocenters. The van der Waals surface area contributed by atoms with Gasteiger partial charge in [0.05, 0.1) is 13.2 Å². The van der Waals surface area contributed by atoms with Gasteiger partial charge in [-0.15, -0.1) is 0 Å². The molecule has 1 aliphatic rings. The third-order valence-electron chi connectivity index (χ3n) is 3.48. The van der Waals surface area contributed by atoms with Gasteiger partial charge in [0, 0.05) is 0 Å². The topological polar surface area (TPSA) is 82.4 Å². The predicted octanol–water partition coefficient (Wildman–Crippen LogP) is 1.29. The maximum Gasteiger partial charge on any atom is 0.326 e. The van der Waals surface area contributed by atoms with Crippen LogP contribution in [-0.2, 0) is 10.3 Å². The summed E-state index contributed by atoms with van der Waals surface area (Å²) >= 11 is 0. The lowest BCUT2D eigenvalue weighted by atomic mass is 9.90. The molecule has 1 aliphatic heterocycles. The van der Waals surface area contributed by atoms with Gasteiger partial charge in [-0.1, -0.05) is 6.07 Å². The highest BCUT2D eigenvalue weighted by Crippen LogP contribution is 2.31. The molecule has 1 fully saturated rings. The first-order chi connectivity index (χ1) is 9.43. The number of carbonyl (C=O) groups excluding carboxylic acids is 2. The Labute approximate surface area is 116 Å². The molecule has 0 aliphatic carbocycles. The zero-order valence-corrected chi connectivity index (χ0v) is 11.6. The average molecular weight is 273 g/mol. The molecule has 0 saturated carbocycles. The Hall–Kier alpha value is -2.55. The van der Waals surface area contributed by atoms with Crippen LogP contribution in [0.4, 0.5) is 4.79 Å². The lowest BCUT2D eigenvalue weighted by molar-refractivity contribution is -0.130. The van der Waals surface area contributed by atoms with E-state index in [-0.39, 0.29) is 6.54 Å². The van der Waals surface area contributed by atoms with Crippen LogP contribution in [0, 0.1) is 18.3 Å². The maximum atomic E-state index is 12.4. The number of hydrogen-bond acceptors (Lipinski definition) is 4. The fourth-order valence-electron chi connectivity index (χ4n) is 2.30. The first-order valence-electron chi connectivity index (χ1n) is 6.10. The fraction of sp³-hybridized carbons (Fsp3) is 0.357. The molecule has 6 heteroatoms. The molecule has 0 aromatic heterocycles. The quantitative estimate of drug-likeness (QED) is 0.664. The first kappa shape index (κ1) is 13.9. The van der Waals surface area contributed by atoms with E-state index in [1.807, 2.05) is 13.0 Å².